The van der Waals surface area contributed by atoms with E-state index in [0.717, 1.165) is 24.2 Å². The molecule has 1 fully saturated rings. The molecule has 1 aliphatic heterocycles. The first-order valence-electron chi connectivity index (χ1n) is 6.45. The maximum absolute atomic E-state index is 5.56. The summed E-state index contributed by atoms with van der Waals surface area (Å²) in [5, 5.41) is 0.860. The second kappa shape index (κ2) is 6.02. The van der Waals surface area contributed by atoms with Crippen LogP contribution in [0.4, 0.5) is 5.82 Å². The molecule has 4 heteroatoms. The highest BCUT2D eigenvalue weighted by Crippen LogP contribution is 2.26. The molecule has 100 valence electrons. The van der Waals surface area contributed by atoms with Gasteiger partial charge in [-0.1, -0.05) is 28.9 Å². The predicted octanol–water partition coefficient (Wildman–Crippen LogP) is 3.15. The third kappa shape index (κ3) is 2.86. The zero-order valence-corrected chi connectivity index (χ0v) is 12.9. The third-order valence-corrected chi connectivity index (χ3v) is 4.40. The molecule has 0 radical (unpaired) electrons. The van der Waals surface area contributed by atoms with Gasteiger partial charge in [0.15, 0.2) is 0 Å². The van der Waals surface area contributed by atoms with Gasteiger partial charge in [-0.25, -0.2) is 4.98 Å². The number of aryl methyl sites for hydroxylation is 1. The van der Waals surface area contributed by atoms with Crippen LogP contribution in [0.15, 0.2) is 12.3 Å². The van der Waals surface area contributed by atoms with Gasteiger partial charge in [0.05, 0.1) is 6.10 Å². The highest BCUT2D eigenvalue weighted by molar-refractivity contribution is 9.08. The van der Waals surface area contributed by atoms with Crippen molar-refractivity contribution < 1.29 is 4.74 Å². The summed E-state index contributed by atoms with van der Waals surface area (Å²) in [6.45, 7) is 6.41. The number of hydrogen-bond donors (Lipinski definition) is 0. The van der Waals surface area contributed by atoms with Gasteiger partial charge in [-0.2, -0.15) is 0 Å². The second-order valence-corrected chi connectivity index (χ2v) is 5.66. The second-order valence-electron chi connectivity index (χ2n) is 5.10. The molecular weight excluding hydrogens is 292 g/mol. The van der Waals surface area contributed by atoms with Gasteiger partial charge in [0.1, 0.15) is 5.82 Å². The molecule has 0 saturated carbocycles. The van der Waals surface area contributed by atoms with Crippen LogP contribution in [-0.4, -0.2) is 31.3 Å². The van der Waals surface area contributed by atoms with Crippen molar-refractivity contribution in [1.82, 2.24) is 4.98 Å². The van der Waals surface area contributed by atoms with Crippen LogP contribution < -0.4 is 4.90 Å². The van der Waals surface area contributed by atoms with E-state index in [1.165, 1.54) is 17.5 Å². The number of halogens is 1. The lowest BCUT2D eigenvalue weighted by Gasteiger charge is -2.37. The Morgan fingerprint density at radius 3 is 2.94 bits per heavy atom. The minimum Gasteiger partial charge on any atom is -0.379 e. The Morgan fingerprint density at radius 2 is 2.33 bits per heavy atom. The summed E-state index contributed by atoms with van der Waals surface area (Å²) in [6.07, 6.45) is 3.44. The van der Waals surface area contributed by atoms with E-state index in [0.29, 0.717) is 12.0 Å². The summed E-state index contributed by atoms with van der Waals surface area (Å²) in [6, 6.07) is 2.21. The van der Waals surface area contributed by atoms with Crippen molar-refractivity contribution in [1.29, 1.82) is 0 Å². The fraction of sp³-hybridized carbons (Fsp3) is 0.643. The number of methoxy groups -OCH3 is 1. The Kier molecular flexibility index (Phi) is 4.62. The molecule has 18 heavy (non-hydrogen) atoms. The molecule has 0 bridgehead atoms. The Morgan fingerprint density at radius 1 is 1.56 bits per heavy atom. The summed E-state index contributed by atoms with van der Waals surface area (Å²) in [5.41, 5.74) is 2.47. The fourth-order valence-corrected chi connectivity index (χ4v) is 2.87. The molecule has 2 heterocycles. The molecule has 1 aromatic rings. The van der Waals surface area contributed by atoms with Crippen molar-refractivity contribution in [3.05, 3.63) is 23.4 Å². The largest absolute Gasteiger partial charge is 0.379 e. The average molecular weight is 313 g/mol. The van der Waals surface area contributed by atoms with Crippen molar-refractivity contribution in [3.63, 3.8) is 0 Å². The zero-order valence-electron chi connectivity index (χ0n) is 11.3. The maximum Gasteiger partial charge on any atom is 0.131 e. The molecular formula is C14H21BrN2O. The number of alkyl halides is 1. The average Bonchev–Trinajstić information content (AvgIpc) is 2.39. The quantitative estimate of drug-likeness (QED) is 0.802. The number of rotatable bonds is 3. The van der Waals surface area contributed by atoms with E-state index in [1.54, 1.807) is 7.11 Å². The monoisotopic (exact) mass is 312 g/mol. The Balaban J connectivity index is 2.16. The minimum atomic E-state index is 0.316. The predicted molar refractivity (Wildman–Crippen MR) is 78.4 cm³/mol. The van der Waals surface area contributed by atoms with E-state index >= 15 is 0 Å². The molecule has 2 unspecified atom stereocenters. The molecule has 2 atom stereocenters. The van der Waals surface area contributed by atoms with Crippen LogP contribution >= 0.6 is 15.9 Å². The number of nitrogens with zero attached hydrogens (tertiary/aromatic N) is 2. The van der Waals surface area contributed by atoms with Crippen LogP contribution in [0.3, 0.4) is 0 Å². The van der Waals surface area contributed by atoms with Crippen LogP contribution in [0, 0.1) is 12.8 Å². The summed E-state index contributed by atoms with van der Waals surface area (Å²) in [7, 11) is 1.80. The van der Waals surface area contributed by atoms with Crippen molar-refractivity contribution in [2.75, 3.05) is 25.1 Å². The van der Waals surface area contributed by atoms with Crippen molar-refractivity contribution in [2.24, 2.45) is 5.92 Å². The normalized spacial score (nSPS) is 24.3. The van der Waals surface area contributed by atoms with Gasteiger partial charge in [0.25, 0.3) is 0 Å². The highest BCUT2D eigenvalue weighted by atomic mass is 79.9. The first-order chi connectivity index (χ1) is 8.65. The van der Waals surface area contributed by atoms with E-state index in [4.69, 9.17) is 4.74 Å². The standard InChI is InChI=1S/C14H21BrN2O/c1-10-4-5-17(9-13(10)18-3)14-11(2)6-12(7-15)8-16-14/h6,8,10,13H,4-5,7,9H2,1-3H3. The molecule has 2 rings (SSSR count). The molecule has 1 aliphatic rings. The number of hydrogen-bond acceptors (Lipinski definition) is 3. The van der Waals surface area contributed by atoms with Crippen LogP contribution in [0.1, 0.15) is 24.5 Å². The van der Waals surface area contributed by atoms with Crippen LogP contribution in [0.25, 0.3) is 0 Å². The first kappa shape index (κ1) is 13.8. The van der Waals surface area contributed by atoms with E-state index in [2.05, 4.69) is 45.7 Å². The lowest BCUT2D eigenvalue weighted by Crippen LogP contribution is -2.44. The lowest BCUT2D eigenvalue weighted by molar-refractivity contribution is 0.0496. The van der Waals surface area contributed by atoms with Gasteiger partial charge in [-0.05, 0) is 30.4 Å². The van der Waals surface area contributed by atoms with Crippen LogP contribution in [-0.2, 0) is 10.1 Å². The van der Waals surface area contributed by atoms with Gasteiger partial charge in [-0.3, -0.25) is 0 Å². The number of ether oxygens (including phenoxy) is 1. The Hall–Kier alpha value is -0.610. The van der Waals surface area contributed by atoms with Gasteiger partial charge in [0.2, 0.25) is 0 Å². The van der Waals surface area contributed by atoms with Gasteiger partial charge in [0, 0.05) is 31.7 Å². The Bertz CT molecular complexity index is 411. The van der Waals surface area contributed by atoms with Crippen molar-refractivity contribution in [3.8, 4) is 0 Å². The molecule has 0 aliphatic carbocycles. The summed E-state index contributed by atoms with van der Waals surface area (Å²) < 4.78 is 5.56. The molecule has 1 aromatic heterocycles. The van der Waals surface area contributed by atoms with Crippen LogP contribution in [0.2, 0.25) is 0 Å². The number of pyridine rings is 1. The SMILES string of the molecule is COC1CN(c2ncc(CBr)cc2C)CCC1C. The summed E-state index contributed by atoms with van der Waals surface area (Å²) >= 11 is 3.47. The van der Waals surface area contributed by atoms with Crippen molar-refractivity contribution in [2.45, 2.75) is 31.7 Å². The first-order valence-corrected chi connectivity index (χ1v) is 7.57. The van der Waals surface area contributed by atoms with E-state index in [1.807, 2.05) is 6.20 Å². The van der Waals surface area contributed by atoms with Crippen LogP contribution in [0.5, 0.6) is 0 Å². The van der Waals surface area contributed by atoms with Crippen molar-refractivity contribution >= 4 is 21.7 Å². The smallest absolute Gasteiger partial charge is 0.131 e. The van der Waals surface area contributed by atoms with E-state index in [9.17, 15) is 0 Å². The molecule has 1 saturated heterocycles. The number of aromatic nitrogens is 1. The van der Waals surface area contributed by atoms with E-state index < -0.39 is 0 Å². The summed E-state index contributed by atoms with van der Waals surface area (Å²) in [5.74, 6) is 1.74. The van der Waals surface area contributed by atoms with E-state index in [-0.39, 0.29) is 0 Å². The number of anilines is 1. The zero-order chi connectivity index (χ0) is 13.1. The fourth-order valence-electron chi connectivity index (χ4n) is 2.56. The minimum absolute atomic E-state index is 0.316. The third-order valence-electron chi connectivity index (χ3n) is 3.75. The topological polar surface area (TPSA) is 25.4 Å². The maximum atomic E-state index is 5.56. The highest BCUT2D eigenvalue weighted by Gasteiger charge is 2.27. The molecule has 0 spiro atoms. The van der Waals surface area contributed by atoms with Gasteiger partial charge < -0.3 is 9.64 Å². The molecule has 0 amide bonds. The lowest BCUT2D eigenvalue weighted by atomic mass is 9.95. The number of piperidine rings is 1. The molecule has 0 N–H and O–H groups in total. The van der Waals surface area contributed by atoms with Gasteiger partial charge >= 0.3 is 0 Å². The summed E-state index contributed by atoms with van der Waals surface area (Å²) in [4.78, 5) is 6.96. The molecule has 0 aromatic carbocycles. The molecule has 3 nitrogen and oxygen atoms in total. The van der Waals surface area contributed by atoms with Gasteiger partial charge in [-0.15, -0.1) is 0 Å². The Labute approximate surface area is 118 Å².